The highest BCUT2D eigenvalue weighted by atomic mass is 32.2. The molecule has 1 aromatic rings. The molecule has 1 aliphatic rings. The molecule has 2 rings (SSSR count). The molecular formula is C14H21N2O3S+. The van der Waals surface area contributed by atoms with E-state index in [4.69, 9.17) is 0 Å². The first-order valence-corrected chi connectivity index (χ1v) is 8.34. The summed E-state index contributed by atoms with van der Waals surface area (Å²) < 4.78 is 26.5. The summed E-state index contributed by atoms with van der Waals surface area (Å²) >= 11 is 0. The largest absolute Gasteiger partial charge is 0.333 e. The SMILES string of the molecule is CC[NH+]1CCN(S(=O)(=O)c2ccc(C(C)=O)cc2)CC1. The number of carbonyl (C=O) groups is 1. The van der Waals surface area contributed by atoms with Gasteiger partial charge in [-0.25, -0.2) is 8.42 Å². The number of ketones is 1. The third-order valence-corrected chi connectivity index (χ3v) is 5.74. The van der Waals surface area contributed by atoms with E-state index in [-0.39, 0.29) is 10.7 Å². The molecule has 1 N–H and O–H groups in total. The van der Waals surface area contributed by atoms with Crippen molar-refractivity contribution in [2.75, 3.05) is 32.7 Å². The number of quaternary nitrogens is 1. The van der Waals surface area contributed by atoms with Gasteiger partial charge in [0.15, 0.2) is 5.78 Å². The zero-order valence-corrected chi connectivity index (χ0v) is 12.7. The number of hydrogen-bond acceptors (Lipinski definition) is 3. The van der Waals surface area contributed by atoms with Crippen LogP contribution >= 0.6 is 0 Å². The Kier molecular flexibility index (Phi) is 4.57. The maximum atomic E-state index is 12.5. The van der Waals surface area contributed by atoms with Crippen molar-refractivity contribution in [3.63, 3.8) is 0 Å². The Morgan fingerprint density at radius 1 is 1.20 bits per heavy atom. The summed E-state index contributed by atoms with van der Waals surface area (Å²) in [6.07, 6.45) is 0. The Bertz CT molecular complexity index is 573. The van der Waals surface area contributed by atoms with E-state index >= 15 is 0 Å². The van der Waals surface area contributed by atoms with Crippen LogP contribution in [-0.2, 0) is 10.0 Å². The fourth-order valence-corrected chi connectivity index (χ4v) is 3.85. The molecule has 0 aromatic heterocycles. The Morgan fingerprint density at radius 3 is 2.20 bits per heavy atom. The molecule has 1 aromatic carbocycles. The van der Waals surface area contributed by atoms with Gasteiger partial charge in [0.1, 0.15) is 0 Å². The number of benzene rings is 1. The second-order valence-corrected chi connectivity index (χ2v) is 7.03. The monoisotopic (exact) mass is 297 g/mol. The van der Waals surface area contributed by atoms with Crippen LogP contribution in [0.5, 0.6) is 0 Å². The van der Waals surface area contributed by atoms with E-state index in [0.29, 0.717) is 18.7 Å². The lowest BCUT2D eigenvalue weighted by molar-refractivity contribution is -0.901. The third-order valence-electron chi connectivity index (χ3n) is 3.83. The highest BCUT2D eigenvalue weighted by Crippen LogP contribution is 2.16. The van der Waals surface area contributed by atoms with Crippen molar-refractivity contribution in [2.45, 2.75) is 18.7 Å². The van der Waals surface area contributed by atoms with E-state index in [1.807, 2.05) is 0 Å². The molecule has 0 aliphatic carbocycles. The van der Waals surface area contributed by atoms with Gasteiger partial charge in [0.2, 0.25) is 10.0 Å². The number of carbonyl (C=O) groups excluding carboxylic acids is 1. The van der Waals surface area contributed by atoms with Gasteiger partial charge in [-0.15, -0.1) is 0 Å². The molecule has 0 unspecified atom stereocenters. The minimum absolute atomic E-state index is 0.0610. The van der Waals surface area contributed by atoms with Crippen molar-refractivity contribution >= 4 is 15.8 Å². The molecular weight excluding hydrogens is 276 g/mol. The molecule has 0 spiro atoms. The number of piperazine rings is 1. The van der Waals surface area contributed by atoms with Crippen LogP contribution in [-0.4, -0.2) is 51.2 Å². The van der Waals surface area contributed by atoms with Crippen LogP contribution < -0.4 is 4.90 Å². The molecule has 20 heavy (non-hydrogen) atoms. The number of sulfonamides is 1. The molecule has 6 heteroatoms. The second-order valence-electron chi connectivity index (χ2n) is 5.09. The zero-order chi connectivity index (χ0) is 14.8. The second kappa shape index (κ2) is 6.03. The normalized spacial score (nSPS) is 18.1. The van der Waals surface area contributed by atoms with Gasteiger partial charge in [0.05, 0.1) is 37.6 Å². The van der Waals surface area contributed by atoms with Crippen LogP contribution in [0.3, 0.4) is 0 Å². The predicted octanol–water partition coefficient (Wildman–Crippen LogP) is -0.202. The van der Waals surface area contributed by atoms with Crippen LogP contribution in [0, 0.1) is 0 Å². The van der Waals surface area contributed by atoms with Gasteiger partial charge in [0.25, 0.3) is 0 Å². The zero-order valence-electron chi connectivity index (χ0n) is 11.9. The Hall–Kier alpha value is -1.24. The molecule has 0 radical (unpaired) electrons. The van der Waals surface area contributed by atoms with Crippen molar-refractivity contribution in [1.29, 1.82) is 0 Å². The minimum Gasteiger partial charge on any atom is -0.333 e. The van der Waals surface area contributed by atoms with Gasteiger partial charge in [-0.3, -0.25) is 4.79 Å². The summed E-state index contributed by atoms with van der Waals surface area (Å²) in [7, 11) is -3.43. The molecule has 1 saturated heterocycles. The Labute approximate surface area is 120 Å². The minimum atomic E-state index is -3.43. The van der Waals surface area contributed by atoms with Crippen LogP contribution in [0.2, 0.25) is 0 Å². The molecule has 0 atom stereocenters. The molecule has 1 aliphatic heterocycles. The topological polar surface area (TPSA) is 58.9 Å². The van der Waals surface area contributed by atoms with Crippen LogP contribution in [0.25, 0.3) is 0 Å². The Morgan fingerprint density at radius 2 is 1.75 bits per heavy atom. The van der Waals surface area contributed by atoms with E-state index in [1.165, 1.54) is 28.3 Å². The highest BCUT2D eigenvalue weighted by molar-refractivity contribution is 7.89. The molecule has 0 bridgehead atoms. The van der Waals surface area contributed by atoms with E-state index < -0.39 is 10.0 Å². The summed E-state index contributed by atoms with van der Waals surface area (Å²) in [5.41, 5.74) is 0.532. The van der Waals surface area contributed by atoms with Crippen LogP contribution in [0.4, 0.5) is 0 Å². The van der Waals surface area contributed by atoms with Crippen molar-refractivity contribution < 1.29 is 18.1 Å². The smallest absolute Gasteiger partial charge is 0.243 e. The molecule has 1 fully saturated rings. The fraction of sp³-hybridized carbons (Fsp3) is 0.500. The van der Waals surface area contributed by atoms with Gasteiger partial charge >= 0.3 is 0 Å². The van der Waals surface area contributed by atoms with Crippen molar-refractivity contribution in [3.05, 3.63) is 29.8 Å². The van der Waals surface area contributed by atoms with E-state index in [9.17, 15) is 13.2 Å². The first-order valence-electron chi connectivity index (χ1n) is 6.90. The number of hydrogen-bond donors (Lipinski definition) is 1. The summed E-state index contributed by atoms with van der Waals surface area (Å²) in [6.45, 7) is 7.42. The van der Waals surface area contributed by atoms with Gasteiger partial charge in [-0.05, 0) is 26.0 Å². The summed E-state index contributed by atoms with van der Waals surface area (Å²) in [5.74, 6) is -0.0610. The van der Waals surface area contributed by atoms with E-state index in [0.717, 1.165) is 19.6 Å². The number of Topliss-reactive ketones (excluding diaryl/α,β-unsaturated/α-hetero) is 1. The molecule has 0 saturated carbocycles. The highest BCUT2D eigenvalue weighted by Gasteiger charge is 2.29. The number of nitrogens with zero attached hydrogens (tertiary/aromatic N) is 1. The number of rotatable bonds is 4. The quantitative estimate of drug-likeness (QED) is 0.783. The molecule has 5 nitrogen and oxygen atoms in total. The van der Waals surface area contributed by atoms with Crippen LogP contribution in [0.15, 0.2) is 29.2 Å². The average Bonchev–Trinajstić information content (AvgIpc) is 2.47. The van der Waals surface area contributed by atoms with Gasteiger partial charge < -0.3 is 4.90 Å². The Balaban J connectivity index is 2.16. The van der Waals surface area contributed by atoms with Crippen LogP contribution in [0.1, 0.15) is 24.2 Å². The lowest BCUT2D eigenvalue weighted by Crippen LogP contribution is -3.14. The number of nitrogens with one attached hydrogen (secondary N) is 1. The lowest BCUT2D eigenvalue weighted by Gasteiger charge is -2.30. The standard InChI is InChI=1S/C14H20N2O3S/c1-3-15-8-10-16(11-9-15)20(18,19)14-6-4-13(5-7-14)12(2)17/h4-7H,3,8-11H2,1-2H3/p+1. The van der Waals surface area contributed by atoms with Gasteiger partial charge in [-0.1, -0.05) is 12.1 Å². The van der Waals surface area contributed by atoms with Gasteiger partial charge in [-0.2, -0.15) is 4.31 Å². The third kappa shape index (κ3) is 3.08. The predicted molar refractivity (Wildman–Crippen MR) is 76.4 cm³/mol. The first kappa shape index (κ1) is 15.2. The first-order chi connectivity index (χ1) is 9.45. The fourth-order valence-electron chi connectivity index (χ4n) is 2.41. The average molecular weight is 297 g/mol. The molecule has 110 valence electrons. The number of likely N-dealkylation sites (N-methyl/N-ethyl adjacent to an activating group) is 1. The van der Waals surface area contributed by atoms with Crippen molar-refractivity contribution in [1.82, 2.24) is 4.31 Å². The maximum absolute atomic E-state index is 12.5. The van der Waals surface area contributed by atoms with E-state index in [1.54, 1.807) is 12.1 Å². The maximum Gasteiger partial charge on any atom is 0.243 e. The van der Waals surface area contributed by atoms with Crippen molar-refractivity contribution in [2.24, 2.45) is 0 Å². The summed E-state index contributed by atoms with van der Waals surface area (Å²) in [4.78, 5) is 12.9. The summed E-state index contributed by atoms with van der Waals surface area (Å²) in [5, 5.41) is 0. The van der Waals surface area contributed by atoms with Crippen molar-refractivity contribution in [3.8, 4) is 0 Å². The molecule has 0 amide bonds. The van der Waals surface area contributed by atoms with E-state index in [2.05, 4.69) is 6.92 Å². The van der Waals surface area contributed by atoms with Gasteiger partial charge in [0, 0.05) is 5.56 Å². The lowest BCUT2D eigenvalue weighted by atomic mass is 10.2. The summed E-state index contributed by atoms with van der Waals surface area (Å²) in [6, 6.07) is 6.18. The molecule has 1 heterocycles.